The van der Waals surface area contributed by atoms with Crippen LogP contribution < -0.4 is 15.4 Å². The number of thiophene rings is 1. The van der Waals surface area contributed by atoms with Crippen LogP contribution in [0.2, 0.25) is 0 Å². The van der Waals surface area contributed by atoms with Gasteiger partial charge in [-0.1, -0.05) is 41.6 Å². The SMILES string of the molecule is COc1ccccc1NC(=O)Nc1ccccc1Cc1nc(-c2cccs2)no1. The lowest BCUT2D eigenvalue weighted by Gasteiger charge is -2.13. The van der Waals surface area contributed by atoms with E-state index in [4.69, 9.17) is 9.26 Å². The summed E-state index contributed by atoms with van der Waals surface area (Å²) in [6.45, 7) is 0. The molecule has 0 fully saturated rings. The predicted octanol–water partition coefficient (Wildman–Crippen LogP) is 5.04. The van der Waals surface area contributed by atoms with Crippen molar-refractivity contribution in [3.8, 4) is 16.5 Å². The van der Waals surface area contributed by atoms with Crippen LogP contribution in [-0.2, 0) is 6.42 Å². The largest absolute Gasteiger partial charge is 0.495 e. The third-order valence-corrected chi connectivity index (χ3v) is 5.04. The molecular weight excluding hydrogens is 388 g/mol. The summed E-state index contributed by atoms with van der Waals surface area (Å²) in [6.07, 6.45) is 0.406. The number of carbonyl (C=O) groups excluding carboxylic acids is 1. The van der Waals surface area contributed by atoms with Gasteiger partial charge in [-0.3, -0.25) is 0 Å². The molecule has 0 bridgehead atoms. The highest BCUT2D eigenvalue weighted by Gasteiger charge is 2.14. The number of urea groups is 1. The molecule has 0 aliphatic carbocycles. The maximum absolute atomic E-state index is 12.5. The Morgan fingerprint density at radius 1 is 1.03 bits per heavy atom. The molecule has 4 rings (SSSR count). The molecule has 0 spiro atoms. The molecule has 0 aliphatic rings. The van der Waals surface area contributed by atoms with E-state index in [1.807, 2.05) is 53.9 Å². The van der Waals surface area contributed by atoms with E-state index in [-0.39, 0.29) is 6.03 Å². The van der Waals surface area contributed by atoms with Crippen LogP contribution in [0.1, 0.15) is 11.5 Å². The molecule has 2 N–H and O–H groups in total. The highest BCUT2D eigenvalue weighted by Crippen LogP contribution is 2.25. The lowest BCUT2D eigenvalue weighted by Crippen LogP contribution is -2.20. The first-order chi connectivity index (χ1) is 14.2. The molecule has 0 saturated heterocycles. The van der Waals surface area contributed by atoms with Crippen molar-refractivity contribution >= 4 is 28.7 Å². The van der Waals surface area contributed by atoms with Crippen molar-refractivity contribution in [3.63, 3.8) is 0 Å². The van der Waals surface area contributed by atoms with Crippen molar-refractivity contribution in [2.75, 3.05) is 17.7 Å². The number of ether oxygens (including phenoxy) is 1. The lowest BCUT2D eigenvalue weighted by atomic mass is 10.1. The zero-order chi connectivity index (χ0) is 20.1. The van der Waals surface area contributed by atoms with Crippen LogP contribution in [0, 0.1) is 0 Å². The first-order valence-electron chi connectivity index (χ1n) is 8.88. The molecule has 4 aromatic rings. The first-order valence-corrected chi connectivity index (χ1v) is 9.76. The van der Waals surface area contributed by atoms with Gasteiger partial charge >= 0.3 is 6.03 Å². The molecule has 0 unspecified atom stereocenters. The van der Waals surface area contributed by atoms with Gasteiger partial charge in [-0.05, 0) is 35.2 Å². The number of benzene rings is 2. The standard InChI is InChI=1S/C21H18N4O3S/c1-27-17-10-5-4-9-16(17)23-21(26)22-15-8-3-2-7-14(15)13-19-24-20(25-28-19)18-11-6-12-29-18/h2-12H,13H2,1H3,(H2,22,23,26). The topological polar surface area (TPSA) is 89.3 Å². The molecule has 0 saturated carbocycles. The van der Waals surface area contributed by atoms with E-state index < -0.39 is 0 Å². The number of aromatic nitrogens is 2. The number of carbonyl (C=O) groups is 1. The van der Waals surface area contributed by atoms with E-state index in [9.17, 15) is 4.79 Å². The van der Waals surface area contributed by atoms with E-state index in [1.165, 1.54) is 0 Å². The fraction of sp³-hybridized carbons (Fsp3) is 0.0952. The van der Waals surface area contributed by atoms with Crippen LogP contribution in [0.3, 0.4) is 0 Å². The molecular formula is C21H18N4O3S. The molecule has 7 nitrogen and oxygen atoms in total. The maximum atomic E-state index is 12.5. The van der Waals surface area contributed by atoms with Gasteiger partial charge in [0.1, 0.15) is 5.75 Å². The number of anilines is 2. The Morgan fingerprint density at radius 2 is 1.79 bits per heavy atom. The second-order valence-corrected chi connectivity index (χ2v) is 7.05. The number of para-hydroxylation sites is 3. The third kappa shape index (κ3) is 4.44. The molecule has 0 radical (unpaired) electrons. The summed E-state index contributed by atoms with van der Waals surface area (Å²) < 4.78 is 10.6. The molecule has 29 heavy (non-hydrogen) atoms. The fourth-order valence-corrected chi connectivity index (χ4v) is 3.46. The van der Waals surface area contributed by atoms with E-state index in [0.29, 0.717) is 35.3 Å². The smallest absolute Gasteiger partial charge is 0.323 e. The first kappa shape index (κ1) is 18.7. The summed E-state index contributed by atoms with van der Waals surface area (Å²) in [4.78, 5) is 17.9. The summed E-state index contributed by atoms with van der Waals surface area (Å²) in [5.74, 6) is 1.63. The van der Waals surface area contributed by atoms with Gasteiger partial charge in [0.05, 0.1) is 24.1 Å². The second-order valence-electron chi connectivity index (χ2n) is 6.10. The summed E-state index contributed by atoms with van der Waals surface area (Å²) in [6, 6.07) is 18.2. The van der Waals surface area contributed by atoms with Gasteiger partial charge in [-0.15, -0.1) is 11.3 Å². The summed E-state index contributed by atoms with van der Waals surface area (Å²) in [5.41, 5.74) is 2.11. The van der Waals surface area contributed by atoms with Gasteiger partial charge in [-0.2, -0.15) is 4.98 Å². The van der Waals surface area contributed by atoms with Crippen LogP contribution in [0.15, 0.2) is 70.6 Å². The number of amides is 2. The average Bonchev–Trinajstić information content (AvgIpc) is 3.42. The molecule has 2 aromatic carbocycles. The van der Waals surface area contributed by atoms with E-state index >= 15 is 0 Å². The van der Waals surface area contributed by atoms with E-state index in [0.717, 1.165) is 10.4 Å². The Balaban J connectivity index is 1.48. The predicted molar refractivity (Wildman–Crippen MR) is 112 cm³/mol. The Hall–Kier alpha value is -3.65. The number of methoxy groups -OCH3 is 1. The van der Waals surface area contributed by atoms with Crippen LogP contribution in [0.5, 0.6) is 5.75 Å². The third-order valence-electron chi connectivity index (χ3n) is 4.17. The average molecular weight is 406 g/mol. The molecule has 0 atom stereocenters. The molecule has 0 aliphatic heterocycles. The highest BCUT2D eigenvalue weighted by molar-refractivity contribution is 7.13. The van der Waals surface area contributed by atoms with Crippen molar-refractivity contribution < 1.29 is 14.1 Å². The fourth-order valence-electron chi connectivity index (χ4n) is 2.82. The number of nitrogens with zero attached hydrogens (tertiary/aromatic N) is 2. The summed E-state index contributed by atoms with van der Waals surface area (Å²) in [7, 11) is 1.56. The Bertz CT molecular complexity index is 1110. The van der Waals surface area contributed by atoms with Gasteiger partial charge in [0, 0.05) is 5.69 Å². The van der Waals surface area contributed by atoms with Crippen molar-refractivity contribution in [1.82, 2.24) is 10.1 Å². The minimum atomic E-state index is -0.369. The summed E-state index contributed by atoms with van der Waals surface area (Å²) >= 11 is 1.55. The normalized spacial score (nSPS) is 10.5. The number of nitrogens with one attached hydrogen (secondary N) is 2. The zero-order valence-corrected chi connectivity index (χ0v) is 16.4. The minimum Gasteiger partial charge on any atom is -0.495 e. The van der Waals surface area contributed by atoms with Crippen molar-refractivity contribution in [2.45, 2.75) is 6.42 Å². The molecule has 2 amide bonds. The van der Waals surface area contributed by atoms with Crippen LogP contribution in [0.4, 0.5) is 16.2 Å². The monoisotopic (exact) mass is 406 g/mol. The number of rotatable bonds is 6. The summed E-state index contributed by atoms with van der Waals surface area (Å²) in [5, 5.41) is 11.7. The van der Waals surface area contributed by atoms with Gasteiger partial charge in [0.25, 0.3) is 0 Å². The Labute approximate surface area is 171 Å². The van der Waals surface area contributed by atoms with Gasteiger partial charge in [-0.25, -0.2) is 4.79 Å². The minimum absolute atomic E-state index is 0.369. The molecule has 146 valence electrons. The van der Waals surface area contributed by atoms with Gasteiger partial charge in [0.2, 0.25) is 11.7 Å². The Kier molecular flexibility index (Phi) is 5.53. The van der Waals surface area contributed by atoms with Crippen molar-refractivity contribution in [2.24, 2.45) is 0 Å². The van der Waals surface area contributed by atoms with Crippen molar-refractivity contribution in [1.29, 1.82) is 0 Å². The lowest BCUT2D eigenvalue weighted by molar-refractivity contribution is 0.262. The van der Waals surface area contributed by atoms with E-state index in [1.54, 1.807) is 30.6 Å². The Morgan fingerprint density at radius 3 is 2.59 bits per heavy atom. The second kappa shape index (κ2) is 8.57. The van der Waals surface area contributed by atoms with E-state index in [2.05, 4.69) is 20.8 Å². The number of hydrogen-bond donors (Lipinski definition) is 2. The highest BCUT2D eigenvalue weighted by atomic mass is 32.1. The zero-order valence-electron chi connectivity index (χ0n) is 15.6. The van der Waals surface area contributed by atoms with Crippen LogP contribution >= 0.6 is 11.3 Å². The van der Waals surface area contributed by atoms with Crippen LogP contribution in [0.25, 0.3) is 10.7 Å². The maximum Gasteiger partial charge on any atom is 0.323 e. The molecule has 2 aromatic heterocycles. The van der Waals surface area contributed by atoms with Crippen LogP contribution in [-0.4, -0.2) is 23.3 Å². The molecule has 8 heteroatoms. The van der Waals surface area contributed by atoms with Crippen molar-refractivity contribution in [3.05, 3.63) is 77.5 Å². The van der Waals surface area contributed by atoms with Gasteiger partial charge < -0.3 is 19.9 Å². The molecule has 2 heterocycles. The number of hydrogen-bond acceptors (Lipinski definition) is 6. The van der Waals surface area contributed by atoms with Gasteiger partial charge in [0.15, 0.2) is 0 Å². The quantitative estimate of drug-likeness (QED) is 0.468.